The summed E-state index contributed by atoms with van der Waals surface area (Å²) in [5, 5.41) is 62.8. The molecule has 0 radical (unpaired) electrons. The lowest BCUT2D eigenvalue weighted by Gasteiger charge is -2.19. The molecule has 23 nitrogen and oxygen atoms in total. The van der Waals surface area contributed by atoms with E-state index >= 15 is 0 Å². The zero-order chi connectivity index (χ0) is 71.7. The molecule has 504 valence electrons. The monoisotopic (exact) mass is 1420 g/mol. The summed E-state index contributed by atoms with van der Waals surface area (Å²) >= 11 is 3.20. The van der Waals surface area contributed by atoms with Crippen molar-refractivity contribution < 1.29 is 121 Å². The molecule has 96 heavy (non-hydrogen) atoms. The molecule has 0 fully saturated rings. The standard InChI is InChI=1S/C22H18F3NO6.C18H10F3NO6.C16H16BrNO6.C6H4BF3O2/c1-22(2,3)32-15(27)9-26-20(29)16-18(28)12-6-4-5-11(19(12)31-21(16)30)10-7-13(23)17(25)14(24)8-10;19-10-4-7(5-11(20)14(10)21)8-2-1-3-9-15(25)13(18(27)28-16(8)9)17(26)22-6-12(23)24;1-16(2,3)24-10(19)7-18-14(21)11-12(20)8-5-4-6-9(17)13(8)23-15(11)22;8-4-1-3(7(11)12)2-5(9)6(4)10/h4-8,28H,9H2,1-3H3,(H,26,29);1-5,25H,6H2,(H,22,26)(H,23,24);4-6,20H,7H2,1-3H3,(H,18,21);1-2,11-12H. The summed E-state index contributed by atoms with van der Waals surface area (Å²) in [5.74, 6) is -21.8. The Morgan fingerprint density at radius 3 is 1.07 bits per heavy atom. The van der Waals surface area contributed by atoms with Crippen LogP contribution in [0, 0.1) is 52.4 Å². The second-order valence-corrected chi connectivity index (χ2v) is 22.5. The summed E-state index contributed by atoms with van der Waals surface area (Å²) in [6.45, 7) is 8.15. The fourth-order valence-electron chi connectivity index (χ4n) is 8.27. The highest BCUT2D eigenvalue weighted by molar-refractivity contribution is 9.10. The van der Waals surface area contributed by atoms with Gasteiger partial charge in [-0.2, -0.15) is 0 Å². The van der Waals surface area contributed by atoms with Gasteiger partial charge in [-0.1, -0.05) is 30.3 Å². The number of ether oxygens (including phenoxy) is 2. The number of hydrogen-bond donors (Lipinski definition) is 9. The van der Waals surface area contributed by atoms with E-state index < -0.39 is 182 Å². The molecule has 9 aromatic rings. The molecule has 0 aliphatic rings. The number of carbonyl (C=O) groups excluding carboxylic acids is 5. The lowest BCUT2D eigenvalue weighted by molar-refractivity contribution is -0.154. The van der Waals surface area contributed by atoms with Gasteiger partial charge in [0.1, 0.15) is 59.3 Å². The summed E-state index contributed by atoms with van der Waals surface area (Å²) in [6, 6.07) is 16.5. The Morgan fingerprint density at radius 1 is 0.469 bits per heavy atom. The lowest BCUT2D eigenvalue weighted by Crippen LogP contribution is -2.36. The normalized spacial score (nSPS) is 11.1. The third-order valence-electron chi connectivity index (χ3n) is 12.3. The first kappa shape index (κ1) is 74.0. The summed E-state index contributed by atoms with van der Waals surface area (Å²) in [6.07, 6.45) is 0. The van der Waals surface area contributed by atoms with Gasteiger partial charge < -0.3 is 69.1 Å². The second-order valence-electron chi connectivity index (χ2n) is 21.6. The van der Waals surface area contributed by atoms with Gasteiger partial charge in [-0.15, -0.1) is 0 Å². The van der Waals surface area contributed by atoms with Gasteiger partial charge in [0, 0.05) is 11.1 Å². The maximum absolute atomic E-state index is 13.7. The molecule has 0 aliphatic heterocycles. The molecule has 3 heterocycles. The quantitative estimate of drug-likeness (QED) is 0.0183. The van der Waals surface area contributed by atoms with E-state index in [4.69, 9.17) is 37.9 Å². The van der Waals surface area contributed by atoms with Crippen molar-refractivity contribution in [3.63, 3.8) is 0 Å². The average molecular weight is 1420 g/mol. The van der Waals surface area contributed by atoms with E-state index in [1.807, 2.05) is 5.32 Å². The van der Waals surface area contributed by atoms with Crippen molar-refractivity contribution in [2.45, 2.75) is 52.7 Å². The number of carbonyl (C=O) groups is 6. The number of aromatic hydroxyl groups is 3. The zero-order valence-corrected chi connectivity index (χ0v) is 51.6. The van der Waals surface area contributed by atoms with E-state index in [1.165, 1.54) is 42.5 Å². The molecular formula is C62H48BBrF9N3O20. The number of benzene rings is 6. The van der Waals surface area contributed by atoms with Crippen LogP contribution in [0.1, 0.15) is 72.6 Å². The smallest absolute Gasteiger partial charge is 0.488 e. The van der Waals surface area contributed by atoms with Gasteiger partial charge in [0.25, 0.3) is 17.7 Å². The Labute approximate surface area is 540 Å². The van der Waals surface area contributed by atoms with Crippen molar-refractivity contribution in [1.29, 1.82) is 0 Å². The van der Waals surface area contributed by atoms with E-state index in [0.29, 0.717) is 40.9 Å². The Kier molecular flexibility index (Phi) is 23.4. The van der Waals surface area contributed by atoms with E-state index in [-0.39, 0.29) is 55.2 Å². The van der Waals surface area contributed by atoms with Crippen molar-refractivity contribution in [2.75, 3.05) is 19.6 Å². The number of carboxylic acid groups (broad SMARTS) is 1. The number of para-hydroxylation sites is 3. The van der Waals surface area contributed by atoms with Gasteiger partial charge in [-0.3, -0.25) is 28.8 Å². The summed E-state index contributed by atoms with van der Waals surface area (Å²) < 4.78 is 144. The number of amides is 3. The van der Waals surface area contributed by atoms with Gasteiger partial charge in [-0.05, 0) is 135 Å². The highest BCUT2D eigenvalue weighted by Gasteiger charge is 2.28. The summed E-state index contributed by atoms with van der Waals surface area (Å²) in [7, 11) is -2.00. The molecular weight excluding hydrogens is 1370 g/mol. The van der Waals surface area contributed by atoms with Crippen LogP contribution in [0.4, 0.5) is 39.5 Å². The molecule has 0 saturated carbocycles. The van der Waals surface area contributed by atoms with Crippen molar-refractivity contribution in [3.05, 3.63) is 196 Å². The highest BCUT2D eigenvalue weighted by atomic mass is 79.9. The van der Waals surface area contributed by atoms with Crippen LogP contribution in [0.5, 0.6) is 17.2 Å². The Bertz CT molecular complexity index is 4710. The van der Waals surface area contributed by atoms with Crippen LogP contribution in [0.15, 0.2) is 123 Å². The minimum atomic E-state index is -2.00. The van der Waals surface area contributed by atoms with Crippen LogP contribution < -0.4 is 38.3 Å². The van der Waals surface area contributed by atoms with Gasteiger partial charge in [0.2, 0.25) is 0 Å². The number of fused-ring (bicyclic) bond motifs is 3. The predicted molar refractivity (Wildman–Crippen MR) is 323 cm³/mol. The minimum absolute atomic E-state index is 0.0200. The molecule has 0 saturated heterocycles. The minimum Gasteiger partial charge on any atom is -0.506 e. The number of nitrogens with one attached hydrogen (secondary N) is 3. The number of halogens is 10. The first-order valence-corrected chi connectivity index (χ1v) is 27.8. The number of carboxylic acids is 1. The van der Waals surface area contributed by atoms with Gasteiger partial charge in [0.15, 0.2) is 74.6 Å². The third-order valence-corrected chi connectivity index (χ3v) is 12.9. The molecule has 3 amide bonds. The molecule has 9 N–H and O–H groups in total. The van der Waals surface area contributed by atoms with Gasteiger partial charge in [-0.25, -0.2) is 53.9 Å². The number of rotatable bonds is 12. The first-order valence-electron chi connectivity index (χ1n) is 27.0. The van der Waals surface area contributed by atoms with E-state index in [2.05, 4.69) is 26.6 Å². The molecule has 3 aromatic heterocycles. The molecule has 0 bridgehead atoms. The molecule has 9 rings (SSSR count). The van der Waals surface area contributed by atoms with E-state index in [9.17, 15) is 98.0 Å². The predicted octanol–water partition coefficient (Wildman–Crippen LogP) is 8.17. The van der Waals surface area contributed by atoms with Crippen LogP contribution >= 0.6 is 15.9 Å². The highest BCUT2D eigenvalue weighted by Crippen LogP contribution is 2.37. The summed E-state index contributed by atoms with van der Waals surface area (Å²) in [4.78, 5) is 107. The number of hydrogen-bond acceptors (Lipinski definition) is 19. The van der Waals surface area contributed by atoms with Crippen LogP contribution in [-0.2, 0) is 23.9 Å². The molecule has 0 aliphatic carbocycles. The third kappa shape index (κ3) is 18.0. The first-order chi connectivity index (χ1) is 44.7. The molecule has 0 unspecified atom stereocenters. The molecule has 0 atom stereocenters. The van der Waals surface area contributed by atoms with Crippen LogP contribution in [-0.4, -0.2) is 104 Å². The van der Waals surface area contributed by atoms with Crippen molar-refractivity contribution in [3.8, 4) is 39.5 Å². The van der Waals surface area contributed by atoms with Gasteiger partial charge >= 0.3 is 41.9 Å². The SMILES string of the molecule is CC(C)(C)OC(=O)CNC(=O)c1c(O)c2cccc(-c3cc(F)c(F)c(F)c3)c2oc1=O.CC(C)(C)OC(=O)CNC(=O)c1c(O)c2cccc(Br)c2oc1=O.O=C(O)CNC(=O)c1c(O)c2cccc(-c3cc(F)c(F)c(F)c3)c2oc1=O.OB(O)c1cc(F)c(F)c(F)c1. The fourth-order valence-corrected chi connectivity index (χ4v) is 8.72. The van der Waals surface area contributed by atoms with Crippen molar-refractivity contribution in [1.82, 2.24) is 16.0 Å². The molecule has 34 heteroatoms. The zero-order valence-electron chi connectivity index (χ0n) is 50.0. The maximum atomic E-state index is 13.7. The maximum Gasteiger partial charge on any atom is 0.488 e. The largest absolute Gasteiger partial charge is 0.506 e. The van der Waals surface area contributed by atoms with Crippen LogP contribution in [0.25, 0.3) is 55.2 Å². The molecule has 6 aromatic carbocycles. The number of aliphatic carboxylic acids is 1. The Hall–Kier alpha value is -11.0. The summed E-state index contributed by atoms with van der Waals surface area (Å²) in [5.41, 5.74) is -8.48. The second kappa shape index (κ2) is 30.4. The number of esters is 2. The van der Waals surface area contributed by atoms with Crippen molar-refractivity contribution >= 4 is 97.0 Å². The van der Waals surface area contributed by atoms with Gasteiger partial charge in [0.05, 0.1) is 20.6 Å². The van der Waals surface area contributed by atoms with Crippen LogP contribution in [0.3, 0.4) is 0 Å². The Morgan fingerprint density at radius 2 is 0.760 bits per heavy atom. The topological polar surface area (TPSA) is 369 Å². The fraction of sp³-hybridized carbons (Fsp3) is 0.177. The van der Waals surface area contributed by atoms with E-state index in [0.717, 1.165) is 0 Å². The lowest BCUT2D eigenvalue weighted by atomic mass is 9.80. The van der Waals surface area contributed by atoms with Crippen molar-refractivity contribution in [2.24, 2.45) is 0 Å². The average Bonchev–Trinajstić information content (AvgIpc) is 0.776. The molecule has 0 spiro atoms. The Balaban J connectivity index is 0.000000211. The van der Waals surface area contributed by atoms with Crippen LogP contribution in [0.2, 0.25) is 0 Å². The van der Waals surface area contributed by atoms with E-state index in [1.54, 1.807) is 53.7 Å².